The van der Waals surface area contributed by atoms with E-state index in [9.17, 15) is 0 Å². The zero-order valence-electron chi connectivity index (χ0n) is 29.9. The van der Waals surface area contributed by atoms with Crippen LogP contribution in [0.2, 0.25) is 0 Å². The number of nitrogens with two attached hydrogens (primary N) is 2. The smallest absolute Gasteiger partial charge is 0.0400 e. The van der Waals surface area contributed by atoms with Crippen molar-refractivity contribution in [3.63, 3.8) is 0 Å². The van der Waals surface area contributed by atoms with Crippen LogP contribution in [-0.2, 0) is 0 Å². The fourth-order valence-corrected chi connectivity index (χ4v) is 7.35. The molecule has 0 saturated heterocycles. The second-order valence-corrected chi connectivity index (χ2v) is 13.3. The lowest BCUT2D eigenvalue weighted by Gasteiger charge is -2.17. The van der Waals surface area contributed by atoms with Gasteiger partial charge in [0.2, 0.25) is 0 Å². The largest absolute Gasteiger partial charge is 0.398 e. The number of rotatable bonds is 9. The van der Waals surface area contributed by atoms with E-state index in [1.165, 1.54) is 0 Å². The molecule has 258 valence electrons. The molecule has 0 heterocycles. The zero-order chi connectivity index (χ0) is 36.7. The highest BCUT2D eigenvalue weighted by molar-refractivity contribution is 6.00. The van der Waals surface area contributed by atoms with Crippen LogP contribution in [0.4, 0.5) is 11.4 Å². The second kappa shape index (κ2) is 15.6. The van der Waals surface area contributed by atoms with Gasteiger partial charge in [-0.2, -0.15) is 0 Å². The quantitative estimate of drug-likeness (QED) is 0.117. The van der Waals surface area contributed by atoms with Crippen molar-refractivity contribution < 1.29 is 0 Å². The number of hydrogen-bond donors (Lipinski definition) is 2. The van der Waals surface area contributed by atoms with Crippen molar-refractivity contribution in [1.82, 2.24) is 0 Å². The molecule has 8 rings (SSSR count). The van der Waals surface area contributed by atoms with E-state index in [2.05, 4.69) is 188 Å². The Balaban J connectivity index is 1.31. The van der Waals surface area contributed by atoms with E-state index < -0.39 is 0 Å². The van der Waals surface area contributed by atoms with Gasteiger partial charge in [-0.05, 0) is 78.9 Å². The Morgan fingerprint density at radius 3 is 1.04 bits per heavy atom. The maximum Gasteiger partial charge on any atom is 0.0400 e. The SMILES string of the molecule is Nc1ccc(C=Cc2cccc(-c3ccccc3)c2C=Cc2ccc(N)c(-c3ccccc3)c2-c2ccccc2)c(-c2ccccc2)c1-c1ccccc1. The first kappa shape index (κ1) is 34.0. The summed E-state index contributed by atoms with van der Waals surface area (Å²) in [6, 6.07) is 67.3. The first-order valence-electron chi connectivity index (χ1n) is 18.3. The van der Waals surface area contributed by atoms with Gasteiger partial charge in [0.1, 0.15) is 0 Å². The predicted molar refractivity (Wildman–Crippen MR) is 233 cm³/mol. The first-order valence-corrected chi connectivity index (χ1v) is 18.3. The minimum atomic E-state index is 0.748. The Kier molecular flexibility index (Phi) is 9.82. The van der Waals surface area contributed by atoms with Gasteiger partial charge < -0.3 is 11.5 Å². The Labute approximate surface area is 318 Å². The van der Waals surface area contributed by atoms with E-state index in [1.54, 1.807) is 0 Å². The molecule has 4 N–H and O–H groups in total. The van der Waals surface area contributed by atoms with Gasteiger partial charge in [-0.3, -0.25) is 0 Å². The summed E-state index contributed by atoms with van der Waals surface area (Å²) in [6.45, 7) is 0. The summed E-state index contributed by atoms with van der Waals surface area (Å²) in [7, 11) is 0. The van der Waals surface area contributed by atoms with Gasteiger partial charge in [-0.25, -0.2) is 0 Å². The molecular weight excluding hydrogens is 653 g/mol. The zero-order valence-corrected chi connectivity index (χ0v) is 29.9. The molecule has 0 saturated carbocycles. The molecule has 2 nitrogen and oxygen atoms in total. The van der Waals surface area contributed by atoms with Crippen molar-refractivity contribution in [2.75, 3.05) is 11.5 Å². The van der Waals surface area contributed by atoms with Crippen LogP contribution in [0.25, 0.3) is 79.9 Å². The number of anilines is 2. The highest BCUT2D eigenvalue weighted by atomic mass is 14.6. The van der Waals surface area contributed by atoms with Crippen LogP contribution in [0.1, 0.15) is 22.3 Å². The molecule has 0 atom stereocenters. The number of nitrogen functional groups attached to an aromatic ring is 2. The van der Waals surface area contributed by atoms with Crippen LogP contribution in [0, 0.1) is 0 Å². The van der Waals surface area contributed by atoms with E-state index in [0.29, 0.717) is 0 Å². The maximum absolute atomic E-state index is 6.76. The van der Waals surface area contributed by atoms with Crippen molar-refractivity contribution in [1.29, 1.82) is 0 Å². The molecule has 0 bridgehead atoms. The summed E-state index contributed by atoms with van der Waals surface area (Å²) >= 11 is 0. The van der Waals surface area contributed by atoms with Gasteiger partial charge in [0, 0.05) is 22.5 Å². The molecule has 0 radical (unpaired) electrons. The van der Waals surface area contributed by atoms with E-state index in [0.717, 1.165) is 89.3 Å². The van der Waals surface area contributed by atoms with Gasteiger partial charge in [0.25, 0.3) is 0 Å². The average molecular weight is 693 g/mol. The van der Waals surface area contributed by atoms with Gasteiger partial charge in [-0.15, -0.1) is 0 Å². The molecule has 8 aromatic rings. The maximum atomic E-state index is 6.76. The van der Waals surface area contributed by atoms with Crippen LogP contribution >= 0.6 is 0 Å². The van der Waals surface area contributed by atoms with Crippen LogP contribution < -0.4 is 11.5 Å². The molecule has 0 aliphatic rings. The molecule has 0 aromatic heterocycles. The van der Waals surface area contributed by atoms with Gasteiger partial charge in [0.05, 0.1) is 0 Å². The van der Waals surface area contributed by atoms with Crippen molar-refractivity contribution in [2.45, 2.75) is 0 Å². The summed E-state index contributed by atoms with van der Waals surface area (Å²) in [5.74, 6) is 0. The van der Waals surface area contributed by atoms with Crippen LogP contribution in [-0.4, -0.2) is 0 Å². The standard InChI is InChI=1S/C52H40N2/c53-47-35-32-43(49(39-19-8-2-9-20-39)51(47)41-23-12-4-13-24-41)30-29-38-27-16-28-45(37-17-6-1-7-18-37)46(38)34-31-44-33-36-48(54)52(42-25-14-5-15-26-42)50(44)40-21-10-3-11-22-40/h1-36H,53-54H2. The average Bonchev–Trinajstić information content (AvgIpc) is 3.24. The third-order valence-corrected chi connectivity index (χ3v) is 9.89. The molecule has 0 spiro atoms. The molecule has 0 aliphatic heterocycles. The van der Waals surface area contributed by atoms with Gasteiger partial charge >= 0.3 is 0 Å². The molecule has 0 unspecified atom stereocenters. The minimum absolute atomic E-state index is 0.748. The summed E-state index contributed by atoms with van der Waals surface area (Å²) < 4.78 is 0. The molecule has 0 aliphatic carbocycles. The molecule has 0 amide bonds. The lowest BCUT2D eigenvalue weighted by Crippen LogP contribution is -1.96. The minimum Gasteiger partial charge on any atom is -0.398 e. The predicted octanol–water partition coefficient (Wildman–Crippen LogP) is 13.5. The Morgan fingerprint density at radius 1 is 0.259 bits per heavy atom. The van der Waals surface area contributed by atoms with Crippen LogP contribution in [0.3, 0.4) is 0 Å². The summed E-state index contributed by atoms with van der Waals surface area (Å²) in [4.78, 5) is 0. The summed E-state index contributed by atoms with van der Waals surface area (Å²) in [5, 5.41) is 0. The second-order valence-electron chi connectivity index (χ2n) is 13.3. The Hall–Kier alpha value is -7.16. The Bertz CT molecular complexity index is 2570. The first-order chi connectivity index (χ1) is 26.7. The van der Waals surface area contributed by atoms with Crippen molar-refractivity contribution in [2.24, 2.45) is 0 Å². The van der Waals surface area contributed by atoms with E-state index in [4.69, 9.17) is 11.5 Å². The normalized spacial score (nSPS) is 11.3. The fraction of sp³-hybridized carbons (Fsp3) is 0. The van der Waals surface area contributed by atoms with Gasteiger partial charge in [-0.1, -0.05) is 206 Å². The topological polar surface area (TPSA) is 52.0 Å². The van der Waals surface area contributed by atoms with Gasteiger partial charge in [0.15, 0.2) is 0 Å². The van der Waals surface area contributed by atoms with E-state index >= 15 is 0 Å². The lowest BCUT2D eigenvalue weighted by atomic mass is 9.87. The molecule has 54 heavy (non-hydrogen) atoms. The highest BCUT2D eigenvalue weighted by Crippen LogP contribution is 2.42. The number of hydrogen-bond acceptors (Lipinski definition) is 2. The van der Waals surface area contributed by atoms with Crippen LogP contribution in [0.15, 0.2) is 194 Å². The van der Waals surface area contributed by atoms with Crippen molar-refractivity contribution in [3.8, 4) is 55.6 Å². The van der Waals surface area contributed by atoms with Crippen molar-refractivity contribution in [3.05, 3.63) is 216 Å². The highest BCUT2D eigenvalue weighted by Gasteiger charge is 2.17. The number of benzene rings is 8. The monoisotopic (exact) mass is 692 g/mol. The summed E-state index contributed by atoms with van der Waals surface area (Å²) in [6.07, 6.45) is 8.95. The summed E-state index contributed by atoms with van der Waals surface area (Å²) in [5.41, 5.74) is 30.4. The Morgan fingerprint density at radius 2 is 0.611 bits per heavy atom. The lowest BCUT2D eigenvalue weighted by molar-refractivity contribution is 1.55. The molecule has 8 aromatic carbocycles. The van der Waals surface area contributed by atoms with Crippen LogP contribution in [0.5, 0.6) is 0 Å². The molecule has 0 fully saturated rings. The fourth-order valence-electron chi connectivity index (χ4n) is 7.35. The van der Waals surface area contributed by atoms with Crippen molar-refractivity contribution >= 4 is 35.7 Å². The third-order valence-electron chi connectivity index (χ3n) is 9.89. The molecule has 2 heteroatoms. The molecular formula is C52H40N2. The van der Waals surface area contributed by atoms with E-state index in [1.807, 2.05) is 30.3 Å². The van der Waals surface area contributed by atoms with E-state index in [-0.39, 0.29) is 0 Å². The third kappa shape index (κ3) is 7.01.